The topological polar surface area (TPSA) is 127 Å². The Balaban J connectivity index is 2.73. The fraction of sp³-hybridized carbons (Fsp3) is 0.188. The number of nitrogens with zero attached hydrogens (tertiary/aromatic N) is 2. The largest absolute Gasteiger partial charge is 0.497 e. The molecule has 0 heterocycles. The molecule has 0 amide bonds. The first kappa shape index (κ1) is 19.2. The van der Waals surface area contributed by atoms with E-state index in [1.807, 2.05) is 0 Å². The highest BCUT2D eigenvalue weighted by Crippen LogP contribution is 2.32. The van der Waals surface area contributed by atoms with Crippen molar-refractivity contribution in [1.29, 1.82) is 0 Å². The molecule has 0 saturated heterocycles. The molecule has 10 heteroatoms. The van der Waals surface area contributed by atoms with Gasteiger partial charge in [-0.1, -0.05) is 18.2 Å². The van der Waals surface area contributed by atoms with Crippen LogP contribution in [0.4, 0.5) is 11.4 Å². The molecule has 0 aliphatic carbocycles. The van der Waals surface area contributed by atoms with Crippen molar-refractivity contribution in [2.75, 3.05) is 11.4 Å². The van der Waals surface area contributed by atoms with Crippen molar-refractivity contribution in [2.24, 2.45) is 0 Å². The molecule has 0 radical (unpaired) electrons. The SMILES string of the molecule is COc1cccc(N(C(C)C(=O)O)S(=O)(=O)c2ccccc2[N+](=O)[O-])c1. The van der Waals surface area contributed by atoms with Gasteiger partial charge in [-0.05, 0) is 25.1 Å². The molecule has 0 bridgehead atoms. The minimum atomic E-state index is -4.54. The van der Waals surface area contributed by atoms with Crippen LogP contribution in [0.1, 0.15) is 6.92 Å². The third kappa shape index (κ3) is 3.59. The van der Waals surface area contributed by atoms with Crippen molar-refractivity contribution in [3.63, 3.8) is 0 Å². The van der Waals surface area contributed by atoms with E-state index in [1.54, 1.807) is 6.07 Å². The van der Waals surface area contributed by atoms with E-state index in [1.165, 1.54) is 44.4 Å². The number of benzene rings is 2. The standard InChI is InChI=1S/C16H16N2O7S/c1-11(16(19)20)17(12-6-5-7-13(10-12)25-2)26(23,24)15-9-4-3-8-14(15)18(21)22/h3-11H,1-2H3,(H,19,20). The summed E-state index contributed by atoms with van der Waals surface area (Å²) in [6.45, 7) is 1.17. The lowest BCUT2D eigenvalue weighted by molar-refractivity contribution is -0.387. The number of hydrogen-bond acceptors (Lipinski definition) is 6. The van der Waals surface area contributed by atoms with Crippen LogP contribution in [0, 0.1) is 10.1 Å². The number of aliphatic carboxylic acids is 1. The number of nitro benzene ring substituents is 1. The van der Waals surface area contributed by atoms with E-state index in [0.29, 0.717) is 10.1 Å². The molecular weight excluding hydrogens is 364 g/mol. The molecule has 2 aromatic rings. The molecule has 0 saturated carbocycles. The summed E-state index contributed by atoms with van der Waals surface area (Å²) in [5.41, 5.74) is -0.629. The van der Waals surface area contributed by atoms with Gasteiger partial charge in [0, 0.05) is 12.1 Å². The molecule has 0 spiro atoms. The predicted octanol–water partition coefficient (Wildman–Crippen LogP) is 2.27. The number of methoxy groups -OCH3 is 1. The Labute approximate surface area is 149 Å². The Morgan fingerprint density at radius 3 is 2.46 bits per heavy atom. The lowest BCUT2D eigenvalue weighted by Crippen LogP contribution is -2.43. The van der Waals surface area contributed by atoms with Crippen LogP contribution < -0.4 is 9.04 Å². The monoisotopic (exact) mass is 380 g/mol. The van der Waals surface area contributed by atoms with E-state index in [-0.39, 0.29) is 5.69 Å². The fourth-order valence-electron chi connectivity index (χ4n) is 2.35. The third-order valence-electron chi connectivity index (χ3n) is 3.62. The first-order valence-corrected chi connectivity index (χ1v) is 8.79. The Morgan fingerprint density at radius 2 is 1.88 bits per heavy atom. The van der Waals surface area contributed by atoms with E-state index in [9.17, 15) is 28.4 Å². The zero-order valence-electron chi connectivity index (χ0n) is 13.9. The van der Waals surface area contributed by atoms with Gasteiger partial charge in [0.1, 0.15) is 11.8 Å². The van der Waals surface area contributed by atoms with Gasteiger partial charge in [-0.3, -0.25) is 14.4 Å². The highest BCUT2D eigenvalue weighted by molar-refractivity contribution is 7.93. The normalized spacial score (nSPS) is 12.2. The van der Waals surface area contributed by atoms with Gasteiger partial charge in [-0.15, -0.1) is 0 Å². The van der Waals surface area contributed by atoms with Gasteiger partial charge in [0.05, 0.1) is 17.7 Å². The van der Waals surface area contributed by atoms with E-state index >= 15 is 0 Å². The summed E-state index contributed by atoms with van der Waals surface area (Å²) in [7, 11) is -3.17. The third-order valence-corrected chi connectivity index (χ3v) is 5.56. The highest BCUT2D eigenvalue weighted by Gasteiger charge is 2.37. The summed E-state index contributed by atoms with van der Waals surface area (Å²) in [5, 5.41) is 20.6. The number of nitro groups is 1. The van der Waals surface area contributed by atoms with Crippen molar-refractivity contribution in [2.45, 2.75) is 17.9 Å². The maximum absolute atomic E-state index is 13.1. The minimum absolute atomic E-state index is 0.0115. The van der Waals surface area contributed by atoms with Crippen LogP contribution in [0.15, 0.2) is 53.4 Å². The summed E-state index contributed by atoms with van der Waals surface area (Å²) >= 11 is 0. The number of rotatable bonds is 7. The van der Waals surface area contributed by atoms with Crippen molar-refractivity contribution >= 4 is 27.4 Å². The van der Waals surface area contributed by atoms with Crippen molar-refractivity contribution in [3.8, 4) is 5.75 Å². The maximum Gasteiger partial charge on any atom is 0.327 e. The summed E-state index contributed by atoms with van der Waals surface area (Å²) in [6.07, 6.45) is 0. The number of ether oxygens (including phenoxy) is 1. The molecule has 0 aliphatic heterocycles. The highest BCUT2D eigenvalue weighted by atomic mass is 32.2. The summed E-state index contributed by atoms with van der Waals surface area (Å²) in [5.74, 6) is -1.10. The molecule has 26 heavy (non-hydrogen) atoms. The van der Waals surface area contributed by atoms with Gasteiger partial charge in [-0.2, -0.15) is 0 Å². The van der Waals surface area contributed by atoms with Crippen LogP contribution in [0.2, 0.25) is 0 Å². The van der Waals surface area contributed by atoms with Crippen molar-refractivity contribution in [1.82, 2.24) is 0 Å². The van der Waals surface area contributed by atoms with E-state index in [0.717, 1.165) is 12.1 Å². The second kappa shape index (κ2) is 7.40. The molecule has 9 nitrogen and oxygen atoms in total. The van der Waals surface area contributed by atoms with Crippen LogP contribution >= 0.6 is 0 Å². The van der Waals surface area contributed by atoms with Gasteiger partial charge >= 0.3 is 5.97 Å². The number of anilines is 1. The van der Waals surface area contributed by atoms with Crippen LogP contribution in [0.5, 0.6) is 5.75 Å². The first-order valence-electron chi connectivity index (χ1n) is 7.35. The summed E-state index contributed by atoms with van der Waals surface area (Å²) in [4.78, 5) is 21.3. The van der Waals surface area contributed by atoms with Crippen LogP contribution in [-0.2, 0) is 14.8 Å². The average molecular weight is 380 g/mol. The van der Waals surface area contributed by atoms with Gasteiger partial charge in [0.25, 0.3) is 15.7 Å². The Morgan fingerprint density at radius 1 is 1.23 bits per heavy atom. The number of carboxylic acid groups (broad SMARTS) is 1. The second-order valence-electron chi connectivity index (χ2n) is 5.24. The number of para-hydroxylation sites is 1. The van der Waals surface area contributed by atoms with Gasteiger partial charge in [0.2, 0.25) is 0 Å². The first-order chi connectivity index (χ1) is 12.2. The quantitative estimate of drug-likeness (QED) is 0.576. The molecule has 2 aromatic carbocycles. The van der Waals surface area contributed by atoms with Crippen molar-refractivity contribution in [3.05, 3.63) is 58.6 Å². The van der Waals surface area contributed by atoms with Crippen LogP contribution in [0.25, 0.3) is 0 Å². The maximum atomic E-state index is 13.1. The Kier molecular flexibility index (Phi) is 5.46. The summed E-state index contributed by atoms with van der Waals surface area (Å²) in [6, 6.07) is 9.03. The Bertz CT molecular complexity index is 943. The molecule has 0 aliphatic rings. The van der Waals surface area contributed by atoms with Gasteiger partial charge in [0.15, 0.2) is 4.90 Å². The smallest absolute Gasteiger partial charge is 0.327 e. The van der Waals surface area contributed by atoms with E-state index < -0.39 is 37.5 Å². The van der Waals surface area contributed by atoms with E-state index in [2.05, 4.69) is 0 Å². The van der Waals surface area contributed by atoms with E-state index in [4.69, 9.17) is 4.74 Å². The molecule has 1 atom stereocenters. The Hall–Kier alpha value is -3.14. The fourth-order valence-corrected chi connectivity index (χ4v) is 4.12. The van der Waals surface area contributed by atoms with Crippen LogP contribution in [-0.4, -0.2) is 37.6 Å². The van der Waals surface area contributed by atoms with Crippen molar-refractivity contribution < 1.29 is 28.0 Å². The molecular formula is C16H16N2O7S. The number of hydrogen-bond donors (Lipinski definition) is 1. The minimum Gasteiger partial charge on any atom is -0.497 e. The zero-order valence-corrected chi connectivity index (χ0v) is 14.7. The lowest BCUT2D eigenvalue weighted by Gasteiger charge is -2.28. The molecule has 138 valence electrons. The molecule has 2 rings (SSSR count). The molecule has 1 N–H and O–H groups in total. The zero-order chi connectivity index (χ0) is 19.5. The molecule has 0 aromatic heterocycles. The number of sulfonamides is 1. The van der Waals surface area contributed by atoms with Crippen LogP contribution in [0.3, 0.4) is 0 Å². The van der Waals surface area contributed by atoms with Gasteiger partial charge < -0.3 is 9.84 Å². The van der Waals surface area contributed by atoms with Gasteiger partial charge in [-0.25, -0.2) is 13.2 Å². The average Bonchev–Trinajstić information content (AvgIpc) is 2.61. The predicted molar refractivity (Wildman–Crippen MR) is 92.9 cm³/mol. The molecule has 1 unspecified atom stereocenters. The lowest BCUT2D eigenvalue weighted by atomic mass is 10.2. The summed E-state index contributed by atoms with van der Waals surface area (Å²) < 4.78 is 31.9. The second-order valence-corrected chi connectivity index (χ2v) is 7.02. The number of carbonyl (C=O) groups is 1. The number of carboxylic acids is 1. The molecule has 0 fully saturated rings.